The minimum atomic E-state index is -0.312. The Morgan fingerprint density at radius 1 is 1.15 bits per heavy atom. The lowest BCUT2D eigenvalue weighted by molar-refractivity contribution is 0.383. The molecule has 0 saturated carbocycles. The van der Waals surface area contributed by atoms with Gasteiger partial charge in [0.2, 0.25) is 0 Å². The van der Waals surface area contributed by atoms with Gasteiger partial charge >= 0.3 is 0 Å². The lowest BCUT2D eigenvalue weighted by Crippen LogP contribution is -2.29. The number of halogens is 1. The van der Waals surface area contributed by atoms with E-state index in [9.17, 15) is 4.39 Å². The van der Waals surface area contributed by atoms with Gasteiger partial charge in [-0.15, -0.1) is 0 Å². The molecule has 0 aliphatic rings. The standard InChI is InChI=1S/C17H28FNO/c1-12(2)7-6-8-13(3)19-14(4)15-9-10-16(18)17(11-15)20-5/h9-14,19H,6-8H2,1-5H3. The molecule has 0 heterocycles. The predicted molar refractivity (Wildman–Crippen MR) is 82.7 cm³/mol. The van der Waals surface area contributed by atoms with Gasteiger partial charge in [0.25, 0.3) is 0 Å². The molecule has 0 bridgehead atoms. The van der Waals surface area contributed by atoms with Crippen LogP contribution in [0.3, 0.4) is 0 Å². The van der Waals surface area contributed by atoms with E-state index in [-0.39, 0.29) is 11.9 Å². The molecule has 1 N–H and O–H groups in total. The lowest BCUT2D eigenvalue weighted by atomic mass is 10.0. The van der Waals surface area contributed by atoms with Gasteiger partial charge in [-0.3, -0.25) is 0 Å². The van der Waals surface area contributed by atoms with Crippen molar-refractivity contribution in [3.63, 3.8) is 0 Å². The van der Waals surface area contributed by atoms with Crippen molar-refractivity contribution in [2.75, 3.05) is 7.11 Å². The first-order chi connectivity index (χ1) is 9.43. The summed E-state index contributed by atoms with van der Waals surface area (Å²) in [5.74, 6) is 0.762. The van der Waals surface area contributed by atoms with E-state index in [1.165, 1.54) is 32.4 Å². The highest BCUT2D eigenvalue weighted by Crippen LogP contribution is 2.23. The van der Waals surface area contributed by atoms with E-state index < -0.39 is 0 Å². The summed E-state index contributed by atoms with van der Waals surface area (Å²) in [6.07, 6.45) is 3.68. The van der Waals surface area contributed by atoms with Crippen molar-refractivity contribution in [1.29, 1.82) is 0 Å². The van der Waals surface area contributed by atoms with Crippen molar-refractivity contribution in [3.05, 3.63) is 29.6 Å². The normalized spacial score (nSPS) is 14.3. The Kier molecular flexibility index (Phi) is 7.00. The van der Waals surface area contributed by atoms with Gasteiger partial charge in [0.15, 0.2) is 11.6 Å². The molecule has 20 heavy (non-hydrogen) atoms. The Morgan fingerprint density at radius 2 is 1.85 bits per heavy atom. The van der Waals surface area contributed by atoms with E-state index in [1.807, 2.05) is 6.07 Å². The summed E-state index contributed by atoms with van der Waals surface area (Å²) >= 11 is 0. The second-order valence-electron chi connectivity index (χ2n) is 6.01. The van der Waals surface area contributed by atoms with Gasteiger partial charge in [-0.25, -0.2) is 4.39 Å². The highest BCUT2D eigenvalue weighted by atomic mass is 19.1. The zero-order valence-corrected chi connectivity index (χ0v) is 13.4. The molecule has 0 saturated heterocycles. The second kappa shape index (κ2) is 8.25. The first-order valence-corrected chi connectivity index (χ1v) is 7.53. The maximum absolute atomic E-state index is 13.4. The number of ether oxygens (including phenoxy) is 1. The molecule has 2 unspecified atom stereocenters. The Hall–Kier alpha value is -1.09. The van der Waals surface area contributed by atoms with Crippen LogP contribution in [0.4, 0.5) is 4.39 Å². The van der Waals surface area contributed by atoms with Crippen LogP contribution in [0.15, 0.2) is 18.2 Å². The molecule has 1 aromatic carbocycles. The third-order valence-electron chi connectivity index (χ3n) is 3.63. The molecule has 1 rings (SSSR count). The summed E-state index contributed by atoms with van der Waals surface area (Å²) < 4.78 is 18.4. The van der Waals surface area contributed by atoms with Crippen LogP contribution in [-0.4, -0.2) is 13.2 Å². The number of methoxy groups -OCH3 is 1. The number of hydrogen-bond donors (Lipinski definition) is 1. The predicted octanol–water partition coefficient (Wildman–Crippen LogP) is 4.70. The van der Waals surface area contributed by atoms with E-state index in [0.717, 1.165) is 11.5 Å². The molecule has 0 aliphatic carbocycles. The smallest absolute Gasteiger partial charge is 0.165 e. The molecule has 114 valence electrons. The molecule has 0 fully saturated rings. The molecule has 3 heteroatoms. The van der Waals surface area contributed by atoms with Crippen molar-refractivity contribution < 1.29 is 9.13 Å². The SMILES string of the molecule is COc1cc(C(C)NC(C)CCCC(C)C)ccc1F. The molecule has 0 aliphatic heterocycles. The summed E-state index contributed by atoms with van der Waals surface area (Å²) in [4.78, 5) is 0. The van der Waals surface area contributed by atoms with Crippen LogP contribution in [-0.2, 0) is 0 Å². The maximum atomic E-state index is 13.4. The van der Waals surface area contributed by atoms with Gasteiger partial charge in [0, 0.05) is 12.1 Å². The number of hydrogen-bond acceptors (Lipinski definition) is 2. The van der Waals surface area contributed by atoms with Crippen LogP contribution in [0.5, 0.6) is 5.75 Å². The monoisotopic (exact) mass is 281 g/mol. The molecular formula is C17H28FNO. The van der Waals surface area contributed by atoms with Crippen LogP contribution in [0.2, 0.25) is 0 Å². The molecule has 2 atom stereocenters. The van der Waals surface area contributed by atoms with Gasteiger partial charge < -0.3 is 10.1 Å². The number of benzene rings is 1. The first kappa shape index (κ1) is 17.0. The van der Waals surface area contributed by atoms with Crippen LogP contribution in [0, 0.1) is 11.7 Å². The van der Waals surface area contributed by atoms with E-state index in [2.05, 4.69) is 33.0 Å². The third-order valence-corrected chi connectivity index (χ3v) is 3.63. The zero-order chi connectivity index (χ0) is 15.1. The highest BCUT2D eigenvalue weighted by molar-refractivity contribution is 5.31. The van der Waals surface area contributed by atoms with E-state index >= 15 is 0 Å². The number of rotatable bonds is 8. The van der Waals surface area contributed by atoms with Crippen molar-refractivity contribution >= 4 is 0 Å². The Labute approximate surface area is 122 Å². The molecule has 0 spiro atoms. The molecule has 2 nitrogen and oxygen atoms in total. The summed E-state index contributed by atoms with van der Waals surface area (Å²) in [7, 11) is 1.49. The van der Waals surface area contributed by atoms with Gasteiger partial charge in [-0.2, -0.15) is 0 Å². The fraction of sp³-hybridized carbons (Fsp3) is 0.647. The Balaban J connectivity index is 2.51. The third kappa shape index (κ3) is 5.49. The summed E-state index contributed by atoms with van der Waals surface area (Å²) in [5.41, 5.74) is 1.05. The van der Waals surface area contributed by atoms with Crippen LogP contribution in [0.25, 0.3) is 0 Å². The Bertz CT molecular complexity index is 406. The van der Waals surface area contributed by atoms with Crippen molar-refractivity contribution in [3.8, 4) is 5.75 Å². The number of nitrogens with one attached hydrogen (secondary N) is 1. The molecule has 0 amide bonds. The van der Waals surface area contributed by atoms with Crippen molar-refractivity contribution in [1.82, 2.24) is 5.32 Å². The Morgan fingerprint density at radius 3 is 2.45 bits per heavy atom. The van der Waals surface area contributed by atoms with E-state index in [4.69, 9.17) is 4.74 Å². The summed E-state index contributed by atoms with van der Waals surface area (Å²) in [6, 6.07) is 5.71. The average molecular weight is 281 g/mol. The fourth-order valence-electron chi connectivity index (χ4n) is 2.38. The summed E-state index contributed by atoms with van der Waals surface area (Å²) in [5, 5.41) is 3.56. The molecule has 1 aromatic rings. The zero-order valence-electron chi connectivity index (χ0n) is 13.4. The maximum Gasteiger partial charge on any atom is 0.165 e. The largest absolute Gasteiger partial charge is 0.494 e. The lowest BCUT2D eigenvalue weighted by Gasteiger charge is -2.21. The average Bonchev–Trinajstić information content (AvgIpc) is 2.38. The van der Waals surface area contributed by atoms with Crippen molar-refractivity contribution in [2.45, 2.75) is 59.0 Å². The van der Waals surface area contributed by atoms with Gasteiger partial charge in [0.05, 0.1) is 7.11 Å². The fourth-order valence-corrected chi connectivity index (χ4v) is 2.38. The molecular weight excluding hydrogens is 253 g/mol. The minimum absolute atomic E-state index is 0.193. The van der Waals surface area contributed by atoms with Crippen molar-refractivity contribution in [2.24, 2.45) is 5.92 Å². The highest BCUT2D eigenvalue weighted by Gasteiger charge is 2.12. The molecule has 0 radical (unpaired) electrons. The van der Waals surface area contributed by atoms with E-state index in [1.54, 1.807) is 6.07 Å². The van der Waals surface area contributed by atoms with Gasteiger partial charge in [-0.05, 0) is 43.9 Å². The van der Waals surface area contributed by atoms with Crippen LogP contribution >= 0.6 is 0 Å². The quantitative estimate of drug-likeness (QED) is 0.745. The topological polar surface area (TPSA) is 21.3 Å². The van der Waals surface area contributed by atoms with Gasteiger partial charge in [-0.1, -0.05) is 32.8 Å². The molecule has 0 aromatic heterocycles. The van der Waals surface area contributed by atoms with Crippen LogP contribution < -0.4 is 10.1 Å². The van der Waals surface area contributed by atoms with Crippen LogP contribution in [0.1, 0.15) is 58.6 Å². The second-order valence-corrected chi connectivity index (χ2v) is 6.01. The first-order valence-electron chi connectivity index (χ1n) is 7.53. The van der Waals surface area contributed by atoms with E-state index in [0.29, 0.717) is 11.8 Å². The summed E-state index contributed by atoms with van der Waals surface area (Å²) in [6.45, 7) is 8.82. The minimum Gasteiger partial charge on any atom is -0.494 e. The van der Waals surface area contributed by atoms with Gasteiger partial charge in [0.1, 0.15) is 0 Å².